The summed E-state index contributed by atoms with van der Waals surface area (Å²) in [7, 11) is 0. The SMILES string of the molecule is Cc1ccc(-c2ccccc2)cc1N.Cc1ccc(-c2ccccc2)cc1NCc1ccccc1. The summed E-state index contributed by atoms with van der Waals surface area (Å²) in [6.45, 7) is 5.01. The molecule has 0 heterocycles. The fourth-order valence-corrected chi connectivity index (χ4v) is 3.87. The number of nitrogens with two attached hydrogens (primary N) is 1. The number of hydrogen-bond acceptors (Lipinski definition) is 2. The lowest BCUT2D eigenvalue weighted by atomic mass is 10.0. The van der Waals surface area contributed by atoms with Crippen LogP contribution in [-0.4, -0.2) is 0 Å². The second-order valence-corrected chi connectivity index (χ2v) is 8.67. The van der Waals surface area contributed by atoms with Crippen molar-refractivity contribution in [1.82, 2.24) is 0 Å². The van der Waals surface area contributed by atoms with E-state index in [1.54, 1.807) is 0 Å². The van der Waals surface area contributed by atoms with E-state index in [0.29, 0.717) is 0 Å². The van der Waals surface area contributed by atoms with Gasteiger partial charge in [-0.15, -0.1) is 0 Å². The van der Waals surface area contributed by atoms with Crippen LogP contribution in [0.15, 0.2) is 127 Å². The van der Waals surface area contributed by atoms with Crippen LogP contribution >= 0.6 is 0 Å². The molecule has 5 aromatic rings. The molecule has 0 aromatic heterocycles. The molecule has 0 atom stereocenters. The van der Waals surface area contributed by atoms with E-state index in [1.165, 1.54) is 39.1 Å². The number of nitrogens with one attached hydrogen (secondary N) is 1. The second kappa shape index (κ2) is 11.7. The van der Waals surface area contributed by atoms with E-state index < -0.39 is 0 Å². The molecule has 35 heavy (non-hydrogen) atoms. The Balaban J connectivity index is 0.000000179. The van der Waals surface area contributed by atoms with Gasteiger partial charge in [-0.3, -0.25) is 0 Å². The Morgan fingerprint density at radius 3 is 1.54 bits per heavy atom. The van der Waals surface area contributed by atoms with Crippen LogP contribution in [0.3, 0.4) is 0 Å². The van der Waals surface area contributed by atoms with E-state index in [4.69, 9.17) is 5.73 Å². The molecule has 2 heteroatoms. The number of benzene rings is 5. The Labute approximate surface area is 209 Å². The van der Waals surface area contributed by atoms with Crippen molar-refractivity contribution in [2.24, 2.45) is 0 Å². The molecule has 5 aromatic carbocycles. The van der Waals surface area contributed by atoms with Crippen molar-refractivity contribution in [2.45, 2.75) is 20.4 Å². The molecule has 0 bridgehead atoms. The second-order valence-electron chi connectivity index (χ2n) is 8.67. The van der Waals surface area contributed by atoms with E-state index in [1.807, 2.05) is 43.3 Å². The van der Waals surface area contributed by atoms with Crippen molar-refractivity contribution in [2.75, 3.05) is 11.1 Å². The number of rotatable bonds is 5. The smallest absolute Gasteiger partial charge is 0.0400 e. The van der Waals surface area contributed by atoms with Gasteiger partial charge in [0.15, 0.2) is 0 Å². The quantitative estimate of drug-likeness (QED) is 0.260. The molecule has 5 rings (SSSR count). The Hall–Kier alpha value is -4.30. The Bertz CT molecular complexity index is 1340. The summed E-state index contributed by atoms with van der Waals surface area (Å²) in [5, 5.41) is 3.54. The predicted molar refractivity (Wildman–Crippen MR) is 151 cm³/mol. The average molecular weight is 457 g/mol. The Morgan fingerprint density at radius 1 is 0.514 bits per heavy atom. The first kappa shape index (κ1) is 23.8. The van der Waals surface area contributed by atoms with Gasteiger partial charge in [-0.2, -0.15) is 0 Å². The third kappa shape index (κ3) is 6.61. The zero-order chi connectivity index (χ0) is 24.5. The average Bonchev–Trinajstić information content (AvgIpc) is 2.92. The highest BCUT2D eigenvalue weighted by atomic mass is 14.9. The lowest BCUT2D eigenvalue weighted by Gasteiger charge is -2.12. The molecule has 0 unspecified atom stereocenters. The van der Waals surface area contributed by atoms with Gasteiger partial charge in [-0.05, 0) is 64.9 Å². The van der Waals surface area contributed by atoms with Crippen molar-refractivity contribution in [1.29, 1.82) is 0 Å². The molecule has 0 fully saturated rings. The molecule has 3 N–H and O–H groups in total. The number of aryl methyl sites for hydroxylation is 2. The van der Waals surface area contributed by atoms with Gasteiger partial charge in [0.05, 0.1) is 0 Å². The summed E-state index contributed by atoms with van der Waals surface area (Å²) >= 11 is 0. The topological polar surface area (TPSA) is 38.0 Å². The highest BCUT2D eigenvalue weighted by Gasteiger charge is 2.03. The van der Waals surface area contributed by atoms with Crippen LogP contribution in [-0.2, 0) is 6.54 Å². The first-order valence-corrected chi connectivity index (χ1v) is 12.0. The van der Waals surface area contributed by atoms with Gasteiger partial charge in [-0.25, -0.2) is 0 Å². The summed E-state index contributed by atoms with van der Waals surface area (Å²) in [6.07, 6.45) is 0. The summed E-state index contributed by atoms with van der Waals surface area (Å²) in [5.74, 6) is 0. The monoisotopic (exact) mass is 456 g/mol. The molecule has 0 amide bonds. The number of hydrogen-bond donors (Lipinski definition) is 2. The first-order valence-electron chi connectivity index (χ1n) is 12.0. The maximum atomic E-state index is 5.86. The fraction of sp³-hybridized carbons (Fsp3) is 0.0909. The molecule has 0 spiro atoms. The van der Waals surface area contributed by atoms with Crippen LogP contribution in [0.5, 0.6) is 0 Å². The van der Waals surface area contributed by atoms with Crippen molar-refractivity contribution >= 4 is 11.4 Å². The molecule has 0 radical (unpaired) electrons. The summed E-state index contributed by atoms with van der Waals surface area (Å²) in [6, 6.07) is 44.0. The maximum Gasteiger partial charge on any atom is 0.0400 e. The van der Waals surface area contributed by atoms with E-state index in [9.17, 15) is 0 Å². The minimum atomic E-state index is 0.847. The van der Waals surface area contributed by atoms with E-state index in [2.05, 4.69) is 103 Å². The first-order chi connectivity index (χ1) is 17.1. The largest absolute Gasteiger partial charge is 0.398 e. The van der Waals surface area contributed by atoms with Crippen LogP contribution < -0.4 is 11.1 Å². The fourth-order valence-electron chi connectivity index (χ4n) is 3.87. The molecule has 0 aliphatic rings. The van der Waals surface area contributed by atoms with Crippen molar-refractivity contribution in [3.63, 3.8) is 0 Å². The Kier molecular flexibility index (Phi) is 7.98. The third-order valence-corrected chi connectivity index (χ3v) is 6.06. The van der Waals surface area contributed by atoms with Crippen LogP contribution in [0.1, 0.15) is 16.7 Å². The molecule has 2 nitrogen and oxygen atoms in total. The van der Waals surface area contributed by atoms with Gasteiger partial charge in [0.2, 0.25) is 0 Å². The zero-order valence-electron chi connectivity index (χ0n) is 20.4. The van der Waals surface area contributed by atoms with E-state index >= 15 is 0 Å². The van der Waals surface area contributed by atoms with Gasteiger partial charge in [0.1, 0.15) is 0 Å². The summed E-state index contributed by atoms with van der Waals surface area (Å²) in [5.41, 5.74) is 16.5. The number of nitrogen functional groups attached to an aromatic ring is 1. The lowest BCUT2D eigenvalue weighted by Crippen LogP contribution is -2.01. The summed E-state index contributed by atoms with van der Waals surface area (Å²) in [4.78, 5) is 0. The number of anilines is 2. The van der Waals surface area contributed by atoms with Gasteiger partial charge < -0.3 is 11.1 Å². The van der Waals surface area contributed by atoms with Crippen molar-refractivity contribution in [3.05, 3.63) is 144 Å². The van der Waals surface area contributed by atoms with Crippen molar-refractivity contribution in [3.8, 4) is 22.3 Å². The summed E-state index contributed by atoms with van der Waals surface area (Å²) < 4.78 is 0. The molecule has 174 valence electrons. The van der Waals surface area contributed by atoms with Gasteiger partial charge in [0.25, 0.3) is 0 Å². The van der Waals surface area contributed by atoms with Crippen molar-refractivity contribution < 1.29 is 0 Å². The maximum absolute atomic E-state index is 5.86. The Morgan fingerprint density at radius 2 is 1.00 bits per heavy atom. The lowest BCUT2D eigenvalue weighted by molar-refractivity contribution is 1.14. The molecule has 0 saturated carbocycles. The minimum Gasteiger partial charge on any atom is -0.398 e. The molecule has 0 saturated heterocycles. The highest BCUT2D eigenvalue weighted by Crippen LogP contribution is 2.26. The van der Waals surface area contributed by atoms with E-state index in [0.717, 1.165) is 17.8 Å². The molecule has 0 aliphatic heterocycles. The van der Waals surface area contributed by atoms with Gasteiger partial charge in [-0.1, -0.05) is 115 Å². The van der Waals surface area contributed by atoms with Crippen LogP contribution in [0.2, 0.25) is 0 Å². The minimum absolute atomic E-state index is 0.847. The molecular weight excluding hydrogens is 424 g/mol. The van der Waals surface area contributed by atoms with Crippen LogP contribution in [0.25, 0.3) is 22.3 Å². The highest BCUT2D eigenvalue weighted by molar-refractivity contribution is 5.70. The molecular formula is C33H32N2. The standard InChI is InChI=1S/C20H19N.C13H13N/c1-16-12-13-19(18-10-6-3-7-11-18)14-20(16)21-15-17-8-4-2-5-9-17;1-10-7-8-12(9-13(10)14)11-5-3-2-4-6-11/h2-14,21H,15H2,1H3;2-9H,14H2,1H3. The van der Waals surface area contributed by atoms with Gasteiger partial charge in [0, 0.05) is 17.9 Å². The normalized spacial score (nSPS) is 10.2. The van der Waals surface area contributed by atoms with Gasteiger partial charge >= 0.3 is 0 Å². The van der Waals surface area contributed by atoms with E-state index in [-0.39, 0.29) is 0 Å². The predicted octanol–water partition coefficient (Wildman–Crippen LogP) is 8.52. The van der Waals surface area contributed by atoms with Crippen LogP contribution in [0, 0.1) is 13.8 Å². The molecule has 0 aliphatic carbocycles. The third-order valence-electron chi connectivity index (χ3n) is 6.06. The van der Waals surface area contributed by atoms with Crippen LogP contribution in [0.4, 0.5) is 11.4 Å². The zero-order valence-corrected chi connectivity index (χ0v) is 20.4.